The number of rotatable bonds is 2. The number of halogens is 1. The summed E-state index contributed by atoms with van der Waals surface area (Å²) in [5, 5.41) is 13.5. The van der Waals surface area contributed by atoms with Crippen LogP contribution in [0.15, 0.2) is 18.2 Å². The Morgan fingerprint density at radius 3 is 3.05 bits per heavy atom. The number of anilines is 1. The third kappa shape index (κ3) is 3.50. The lowest BCUT2D eigenvalue weighted by atomic mass is 10.2. The van der Waals surface area contributed by atoms with Gasteiger partial charge in [-0.3, -0.25) is 9.59 Å². The third-order valence-electron chi connectivity index (χ3n) is 2.53. The molecule has 20 heavy (non-hydrogen) atoms. The SMILES string of the molecule is O=C1NC(C(=O)Nc2ccc(F)c(C#CCO)c2)CS1. The normalized spacial score (nSPS) is 17.1. The molecule has 1 unspecified atom stereocenters. The molecular weight excluding hydrogens is 283 g/mol. The van der Waals surface area contributed by atoms with Crippen LogP contribution >= 0.6 is 11.8 Å². The Labute approximate surface area is 118 Å². The number of nitrogens with one attached hydrogen (secondary N) is 2. The molecule has 2 amide bonds. The van der Waals surface area contributed by atoms with Crippen LogP contribution in [0.1, 0.15) is 5.56 Å². The highest BCUT2D eigenvalue weighted by Crippen LogP contribution is 2.17. The van der Waals surface area contributed by atoms with E-state index in [4.69, 9.17) is 5.11 Å². The van der Waals surface area contributed by atoms with Crippen molar-refractivity contribution in [2.24, 2.45) is 0 Å². The number of aliphatic hydroxyl groups is 1. The van der Waals surface area contributed by atoms with Crippen LogP contribution in [0.2, 0.25) is 0 Å². The van der Waals surface area contributed by atoms with Crippen molar-refractivity contribution in [3.63, 3.8) is 0 Å². The highest BCUT2D eigenvalue weighted by Gasteiger charge is 2.27. The number of thioether (sulfide) groups is 1. The van der Waals surface area contributed by atoms with E-state index in [9.17, 15) is 14.0 Å². The van der Waals surface area contributed by atoms with Gasteiger partial charge >= 0.3 is 0 Å². The summed E-state index contributed by atoms with van der Waals surface area (Å²) >= 11 is 1.04. The first-order valence-corrected chi connectivity index (χ1v) is 6.72. The Kier molecular flexibility index (Phi) is 4.61. The Bertz CT molecular complexity index is 609. The molecule has 1 aromatic rings. The van der Waals surface area contributed by atoms with Crippen LogP contribution < -0.4 is 10.6 Å². The average molecular weight is 294 g/mol. The van der Waals surface area contributed by atoms with Crippen molar-refractivity contribution in [3.05, 3.63) is 29.6 Å². The molecule has 104 valence electrons. The molecule has 0 spiro atoms. The first-order valence-electron chi connectivity index (χ1n) is 5.73. The van der Waals surface area contributed by atoms with Gasteiger partial charge in [-0.15, -0.1) is 0 Å². The molecule has 0 bridgehead atoms. The van der Waals surface area contributed by atoms with E-state index in [0.717, 1.165) is 11.8 Å². The predicted molar refractivity (Wildman–Crippen MR) is 73.8 cm³/mol. The summed E-state index contributed by atoms with van der Waals surface area (Å²) in [6.07, 6.45) is 0. The minimum absolute atomic E-state index is 0.0849. The fourth-order valence-corrected chi connectivity index (χ4v) is 2.37. The predicted octanol–water partition coefficient (Wildman–Crippen LogP) is 0.933. The number of hydrogen-bond donors (Lipinski definition) is 3. The van der Waals surface area contributed by atoms with Crippen molar-refractivity contribution < 1.29 is 19.1 Å². The smallest absolute Gasteiger partial charge is 0.279 e. The highest BCUT2D eigenvalue weighted by atomic mass is 32.2. The summed E-state index contributed by atoms with van der Waals surface area (Å²) in [6.45, 7) is -0.374. The molecule has 0 aliphatic carbocycles. The van der Waals surface area contributed by atoms with Gasteiger partial charge in [-0.1, -0.05) is 23.6 Å². The molecule has 1 saturated heterocycles. The van der Waals surface area contributed by atoms with Gasteiger partial charge in [-0.25, -0.2) is 4.39 Å². The fourth-order valence-electron chi connectivity index (χ4n) is 1.59. The number of amides is 2. The van der Waals surface area contributed by atoms with Crippen LogP contribution in [0.5, 0.6) is 0 Å². The van der Waals surface area contributed by atoms with Crippen LogP contribution in [0.3, 0.4) is 0 Å². The van der Waals surface area contributed by atoms with Crippen molar-refractivity contribution in [1.29, 1.82) is 0 Å². The van der Waals surface area contributed by atoms with Crippen molar-refractivity contribution >= 4 is 28.6 Å². The van der Waals surface area contributed by atoms with E-state index in [2.05, 4.69) is 22.5 Å². The zero-order chi connectivity index (χ0) is 14.5. The maximum absolute atomic E-state index is 13.4. The minimum Gasteiger partial charge on any atom is -0.384 e. The first-order chi connectivity index (χ1) is 9.60. The molecule has 1 aliphatic heterocycles. The van der Waals surface area contributed by atoms with Gasteiger partial charge in [-0.2, -0.15) is 0 Å². The van der Waals surface area contributed by atoms with Gasteiger partial charge in [0.2, 0.25) is 5.91 Å². The van der Waals surface area contributed by atoms with E-state index in [1.165, 1.54) is 18.2 Å². The van der Waals surface area contributed by atoms with Crippen LogP contribution in [0.25, 0.3) is 0 Å². The summed E-state index contributed by atoms with van der Waals surface area (Å²) in [4.78, 5) is 22.9. The quantitative estimate of drug-likeness (QED) is 0.709. The van der Waals surface area contributed by atoms with Gasteiger partial charge in [0.15, 0.2) is 0 Å². The lowest BCUT2D eigenvalue weighted by Gasteiger charge is -2.10. The second-order valence-corrected chi connectivity index (χ2v) is 4.93. The highest BCUT2D eigenvalue weighted by molar-refractivity contribution is 8.14. The second-order valence-electron chi connectivity index (χ2n) is 3.94. The van der Waals surface area contributed by atoms with Crippen molar-refractivity contribution in [1.82, 2.24) is 5.32 Å². The number of hydrogen-bond acceptors (Lipinski definition) is 4. The molecule has 7 heteroatoms. The summed E-state index contributed by atoms with van der Waals surface area (Å²) < 4.78 is 13.4. The Morgan fingerprint density at radius 2 is 2.40 bits per heavy atom. The van der Waals surface area contributed by atoms with Crippen molar-refractivity contribution in [2.45, 2.75) is 6.04 Å². The second kappa shape index (κ2) is 6.41. The van der Waals surface area contributed by atoms with Gasteiger partial charge in [0, 0.05) is 11.4 Å². The maximum atomic E-state index is 13.4. The van der Waals surface area contributed by atoms with E-state index in [-0.39, 0.29) is 23.3 Å². The lowest BCUT2D eigenvalue weighted by Crippen LogP contribution is -2.38. The zero-order valence-corrected chi connectivity index (χ0v) is 11.1. The maximum Gasteiger partial charge on any atom is 0.279 e. The van der Waals surface area contributed by atoms with E-state index >= 15 is 0 Å². The molecule has 2 rings (SSSR count). The fraction of sp³-hybridized carbons (Fsp3) is 0.231. The minimum atomic E-state index is -0.593. The average Bonchev–Trinajstić information content (AvgIpc) is 2.86. The molecule has 5 nitrogen and oxygen atoms in total. The van der Waals surface area contributed by atoms with Crippen molar-refractivity contribution in [3.8, 4) is 11.8 Å². The van der Waals surface area contributed by atoms with Gasteiger partial charge < -0.3 is 15.7 Å². The van der Waals surface area contributed by atoms with Crippen LogP contribution in [-0.4, -0.2) is 34.7 Å². The van der Waals surface area contributed by atoms with Crippen LogP contribution in [-0.2, 0) is 4.79 Å². The van der Waals surface area contributed by atoms with Gasteiger partial charge in [0.1, 0.15) is 18.5 Å². The Hall–Kier alpha value is -2.04. The van der Waals surface area contributed by atoms with E-state index in [1.807, 2.05) is 0 Å². The largest absolute Gasteiger partial charge is 0.384 e. The monoisotopic (exact) mass is 294 g/mol. The number of benzene rings is 1. The van der Waals surface area contributed by atoms with E-state index in [0.29, 0.717) is 11.4 Å². The number of carbonyl (C=O) groups excluding carboxylic acids is 2. The van der Waals surface area contributed by atoms with Gasteiger partial charge in [0.25, 0.3) is 5.24 Å². The van der Waals surface area contributed by atoms with Crippen LogP contribution in [0.4, 0.5) is 14.9 Å². The molecule has 1 aromatic carbocycles. The first kappa shape index (κ1) is 14.4. The van der Waals surface area contributed by atoms with E-state index < -0.39 is 11.9 Å². The summed E-state index contributed by atoms with van der Waals surface area (Å²) in [5.74, 6) is 4.26. The number of aliphatic hydroxyl groups excluding tert-OH is 1. The third-order valence-corrected chi connectivity index (χ3v) is 3.41. The molecule has 1 heterocycles. The molecule has 1 fully saturated rings. The molecule has 3 N–H and O–H groups in total. The summed E-state index contributed by atoms with van der Waals surface area (Å²) in [6, 6.07) is 3.37. The van der Waals surface area contributed by atoms with E-state index in [1.54, 1.807) is 0 Å². The van der Waals surface area contributed by atoms with Gasteiger partial charge in [0.05, 0.1) is 5.56 Å². The standard InChI is InChI=1S/C13H11FN2O3S/c14-10-4-3-9(6-8(10)2-1-5-17)15-12(18)11-7-20-13(19)16-11/h3-4,6,11,17H,5,7H2,(H,15,18)(H,16,19). The molecule has 1 atom stereocenters. The lowest BCUT2D eigenvalue weighted by molar-refractivity contribution is -0.117. The summed E-state index contributed by atoms with van der Waals surface area (Å²) in [5.41, 5.74) is 0.464. The van der Waals surface area contributed by atoms with Crippen molar-refractivity contribution in [2.75, 3.05) is 17.7 Å². The molecule has 0 aromatic heterocycles. The molecule has 0 saturated carbocycles. The zero-order valence-electron chi connectivity index (χ0n) is 10.3. The van der Waals surface area contributed by atoms with Gasteiger partial charge in [-0.05, 0) is 18.2 Å². The molecular formula is C13H11FN2O3S. The Morgan fingerprint density at radius 1 is 1.60 bits per heavy atom. The van der Waals surface area contributed by atoms with Crippen LogP contribution in [0, 0.1) is 17.7 Å². The summed E-state index contributed by atoms with van der Waals surface area (Å²) in [7, 11) is 0. The molecule has 0 radical (unpaired) electrons. The Balaban J connectivity index is 2.09. The molecule has 1 aliphatic rings. The topological polar surface area (TPSA) is 78.4 Å². The number of carbonyl (C=O) groups is 2.